The molecule has 0 spiro atoms. The average Bonchev–Trinajstić information content (AvgIpc) is 3.75. The van der Waals surface area contributed by atoms with Gasteiger partial charge in [-0.25, -0.2) is 0 Å². The lowest BCUT2D eigenvalue weighted by Gasteiger charge is -2.15. The third-order valence-corrected chi connectivity index (χ3v) is 9.10. The van der Waals surface area contributed by atoms with Crippen LogP contribution >= 0.6 is 11.3 Å². The Bertz CT molecular complexity index is 1500. The number of hydrogen-bond acceptors (Lipinski definition) is 5. The Morgan fingerprint density at radius 2 is 1.64 bits per heavy atom. The molecule has 1 aromatic heterocycles. The van der Waals surface area contributed by atoms with Gasteiger partial charge in [-0.3, -0.25) is 9.69 Å². The first-order valence-corrected chi connectivity index (χ1v) is 15.2. The standard InChI is InChI=1S/C33H36N2O3S.C2H2.4H2O/c1-23-20-25(10-14-30(23)38-22-26-11-15-32(36)34-26)33-29(28-6-2-3-7-31(28)39-33)21-24-8-12-27(13-9-24)37-19-18-35-16-4-5-17-35;1-2;;;;/h2-3,6-10,12-14,20,26H,4-5,11,15-19,21-22H2,1H3,(H,34,36);1-2H;4*1H2. The fourth-order valence-electron chi connectivity index (χ4n) is 5.66. The van der Waals surface area contributed by atoms with Crippen LogP contribution in [0.25, 0.3) is 20.5 Å². The van der Waals surface area contributed by atoms with Crippen molar-refractivity contribution in [3.05, 3.63) is 83.4 Å². The number of nitrogens with zero attached hydrogens (tertiary/aromatic N) is 1. The Labute approximate surface area is 269 Å². The summed E-state index contributed by atoms with van der Waals surface area (Å²) in [6.45, 7) is 6.77. The van der Waals surface area contributed by atoms with E-state index in [0.29, 0.717) is 13.0 Å². The first-order valence-electron chi connectivity index (χ1n) is 14.4. The minimum atomic E-state index is 0. The number of aryl methyl sites for hydroxylation is 1. The van der Waals surface area contributed by atoms with E-state index in [1.165, 1.54) is 57.6 Å². The summed E-state index contributed by atoms with van der Waals surface area (Å²) in [5.41, 5.74) is 4.96. The molecular weight excluding hydrogens is 592 g/mol. The fraction of sp³-hybridized carbons (Fsp3) is 0.343. The molecule has 9 nitrogen and oxygen atoms in total. The molecule has 2 fully saturated rings. The third-order valence-electron chi connectivity index (χ3n) is 7.84. The fourth-order valence-corrected chi connectivity index (χ4v) is 6.88. The van der Waals surface area contributed by atoms with Gasteiger partial charge < -0.3 is 36.7 Å². The number of carbonyl (C=O) groups excluding carboxylic acids is 1. The van der Waals surface area contributed by atoms with Crippen molar-refractivity contribution in [3.8, 4) is 34.8 Å². The molecule has 3 aromatic carbocycles. The van der Waals surface area contributed by atoms with E-state index in [9.17, 15) is 4.79 Å². The van der Waals surface area contributed by atoms with Crippen LogP contribution in [0.5, 0.6) is 11.5 Å². The Balaban J connectivity index is 0.00000166. The van der Waals surface area contributed by atoms with Gasteiger partial charge >= 0.3 is 0 Å². The molecule has 0 radical (unpaired) electrons. The van der Waals surface area contributed by atoms with Crippen LogP contribution in [0.4, 0.5) is 0 Å². The van der Waals surface area contributed by atoms with E-state index in [2.05, 4.69) is 96.7 Å². The van der Waals surface area contributed by atoms with E-state index in [0.717, 1.165) is 43.1 Å². The number of amides is 1. The van der Waals surface area contributed by atoms with Crippen LogP contribution in [-0.4, -0.2) is 71.6 Å². The lowest BCUT2D eigenvalue weighted by molar-refractivity contribution is -0.119. The number of ether oxygens (including phenoxy) is 2. The van der Waals surface area contributed by atoms with Crippen molar-refractivity contribution >= 4 is 27.3 Å². The summed E-state index contributed by atoms with van der Waals surface area (Å²) in [6, 6.07) is 23.9. The molecule has 0 bridgehead atoms. The molecule has 2 saturated heterocycles. The predicted molar refractivity (Wildman–Crippen MR) is 183 cm³/mol. The third kappa shape index (κ3) is 9.77. The molecule has 1 unspecified atom stereocenters. The van der Waals surface area contributed by atoms with Crippen molar-refractivity contribution in [1.82, 2.24) is 10.2 Å². The van der Waals surface area contributed by atoms with Crippen molar-refractivity contribution in [1.29, 1.82) is 0 Å². The summed E-state index contributed by atoms with van der Waals surface area (Å²) in [5, 5.41) is 4.30. The van der Waals surface area contributed by atoms with Crippen molar-refractivity contribution < 1.29 is 36.2 Å². The zero-order valence-corrected chi connectivity index (χ0v) is 26.6. The molecule has 6 rings (SSSR count). The molecule has 2 aliphatic heterocycles. The van der Waals surface area contributed by atoms with Crippen molar-refractivity contribution in [2.75, 3.05) is 32.8 Å². The van der Waals surface area contributed by atoms with Gasteiger partial charge in [0.25, 0.3) is 0 Å². The van der Waals surface area contributed by atoms with Crippen LogP contribution in [0, 0.1) is 19.8 Å². The Kier molecular flexibility index (Phi) is 16.3. The molecule has 1 amide bonds. The summed E-state index contributed by atoms with van der Waals surface area (Å²) >= 11 is 1.85. The highest BCUT2D eigenvalue weighted by Crippen LogP contribution is 2.41. The second-order valence-corrected chi connectivity index (χ2v) is 11.8. The molecule has 0 saturated carbocycles. The first kappa shape index (κ1) is 39.1. The number of rotatable bonds is 10. The zero-order chi connectivity index (χ0) is 28.6. The van der Waals surface area contributed by atoms with Crippen LogP contribution in [0.2, 0.25) is 0 Å². The lowest BCUT2D eigenvalue weighted by Crippen LogP contribution is -2.30. The monoisotopic (exact) mass is 638 g/mol. The SMILES string of the molecule is C#C.Cc1cc(-c2sc3ccccc3c2Cc2ccc(OCCN3CCCC3)cc2)ccc1OCC1CCC(=O)N1.O.O.O.O. The van der Waals surface area contributed by atoms with Crippen LogP contribution in [-0.2, 0) is 11.2 Å². The number of terminal acetylenes is 1. The largest absolute Gasteiger partial charge is 0.492 e. The summed E-state index contributed by atoms with van der Waals surface area (Å²) in [6.07, 6.45) is 12.9. The molecule has 4 aromatic rings. The number of carbonyl (C=O) groups is 1. The van der Waals surface area contributed by atoms with Gasteiger partial charge in [-0.15, -0.1) is 24.2 Å². The summed E-state index contributed by atoms with van der Waals surface area (Å²) < 4.78 is 13.4. The summed E-state index contributed by atoms with van der Waals surface area (Å²) in [5.74, 6) is 1.94. The maximum absolute atomic E-state index is 11.5. The van der Waals surface area contributed by atoms with Gasteiger partial charge in [0, 0.05) is 22.5 Å². The summed E-state index contributed by atoms with van der Waals surface area (Å²) in [7, 11) is 0. The molecule has 45 heavy (non-hydrogen) atoms. The molecule has 9 N–H and O–H groups in total. The smallest absolute Gasteiger partial charge is 0.220 e. The Morgan fingerprint density at radius 1 is 0.933 bits per heavy atom. The van der Waals surface area contributed by atoms with Gasteiger partial charge in [0.05, 0.1) is 6.04 Å². The van der Waals surface area contributed by atoms with Gasteiger partial charge in [0.1, 0.15) is 24.7 Å². The van der Waals surface area contributed by atoms with Crippen molar-refractivity contribution in [3.63, 3.8) is 0 Å². The number of benzene rings is 3. The molecule has 3 heterocycles. The van der Waals surface area contributed by atoms with Gasteiger partial charge in [-0.1, -0.05) is 30.3 Å². The Hall–Kier alpha value is -3.95. The highest BCUT2D eigenvalue weighted by Gasteiger charge is 2.22. The normalized spacial score (nSPS) is 15.3. The number of thiophene rings is 1. The quantitative estimate of drug-likeness (QED) is 0.261. The van der Waals surface area contributed by atoms with E-state index < -0.39 is 0 Å². The maximum atomic E-state index is 11.5. The van der Waals surface area contributed by atoms with E-state index >= 15 is 0 Å². The minimum Gasteiger partial charge on any atom is -0.492 e. The van der Waals surface area contributed by atoms with Crippen LogP contribution in [0.15, 0.2) is 66.7 Å². The first-order chi connectivity index (χ1) is 20.1. The zero-order valence-electron chi connectivity index (χ0n) is 25.7. The van der Waals surface area contributed by atoms with E-state index in [1.807, 2.05) is 11.3 Å². The molecule has 0 aliphatic carbocycles. The molecular formula is C35H46N2O7S. The number of nitrogens with one attached hydrogen (secondary N) is 1. The van der Waals surface area contributed by atoms with Crippen LogP contribution in [0.3, 0.4) is 0 Å². The highest BCUT2D eigenvalue weighted by atomic mass is 32.1. The Morgan fingerprint density at radius 3 is 2.31 bits per heavy atom. The number of likely N-dealkylation sites (tertiary alicyclic amines) is 1. The van der Waals surface area contributed by atoms with E-state index in [-0.39, 0.29) is 33.9 Å². The van der Waals surface area contributed by atoms with Gasteiger partial charge in [0.2, 0.25) is 5.91 Å². The molecule has 244 valence electrons. The van der Waals surface area contributed by atoms with Gasteiger partial charge in [-0.2, -0.15) is 0 Å². The molecule has 2 aliphatic rings. The minimum absolute atomic E-state index is 0. The topological polar surface area (TPSA) is 177 Å². The lowest BCUT2D eigenvalue weighted by atomic mass is 9.98. The van der Waals surface area contributed by atoms with Gasteiger partial charge in [0.15, 0.2) is 0 Å². The van der Waals surface area contributed by atoms with Gasteiger partial charge in [-0.05, 0) is 110 Å². The number of hydrogen-bond donors (Lipinski definition) is 1. The average molecular weight is 639 g/mol. The van der Waals surface area contributed by atoms with E-state index in [1.54, 1.807) is 0 Å². The van der Waals surface area contributed by atoms with Crippen LogP contribution in [0.1, 0.15) is 42.4 Å². The van der Waals surface area contributed by atoms with Crippen molar-refractivity contribution in [2.45, 2.75) is 45.1 Å². The second kappa shape index (κ2) is 18.8. The maximum Gasteiger partial charge on any atom is 0.220 e. The predicted octanol–water partition coefficient (Wildman–Crippen LogP) is 3.55. The summed E-state index contributed by atoms with van der Waals surface area (Å²) in [4.78, 5) is 15.3. The number of fused-ring (bicyclic) bond motifs is 1. The highest BCUT2D eigenvalue weighted by molar-refractivity contribution is 7.22. The second-order valence-electron chi connectivity index (χ2n) is 10.7. The van der Waals surface area contributed by atoms with Crippen molar-refractivity contribution in [2.24, 2.45) is 0 Å². The molecule has 1 atom stereocenters. The van der Waals surface area contributed by atoms with Crippen LogP contribution < -0.4 is 14.8 Å². The van der Waals surface area contributed by atoms with E-state index in [4.69, 9.17) is 9.47 Å². The molecule has 10 heteroatoms.